The average molecular weight is 181 g/mol. The van der Waals surface area contributed by atoms with Gasteiger partial charge < -0.3 is 4.74 Å². The fourth-order valence-corrected chi connectivity index (χ4v) is 0.622. The molecule has 0 aromatic carbocycles. The third kappa shape index (κ3) is 3.37. The molecule has 1 heterocycles. The standard InChI is InChI=1S/C7H7N3O3/c1-5(11)2-6(12)13-7-9-3-8-4-10-7/h3-4H,2H2,1H3. The van der Waals surface area contributed by atoms with E-state index in [0.717, 1.165) is 0 Å². The molecule has 13 heavy (non-hydrogen) atoms. The monoisotopic (exact) mass is 181 g/mol. The summed E-state index contributed by atoms with van der Waals surface area (Å²) in [5.74, 6) is -0.933. The number of carbonyl (C=O) groups excluding carboxylic acids is 2. The van der Waals surface area contributed by atoms with Crippen LogP contribution in [0.4, 0.5) is 0 Å². The van der Waals surface area contributed by atoms with Crippen LogP contribution in [0.15, 0.2) is 12.7 Å². The number of hydrogen-bond acceptors (Lipinski definition) is 6. The van der Waals surface area contributed by atoms with Crippen molar-refractivity contribution >= 4 is 11.8 Å². The largest absolute Gasteiger partial charge is 0.390 e. The maximum absolute atomic E-state index is 10.9. The van der Waals surface area contributed by atoms with E-state index in [9.17, 15) is 9.59 Å². The highest BCUT2D eigenvalue weighted by molar-refractivity contribution is 5.94. The quantitative estimate of drug-likeness (QED) is 0.472. The molecule has 0 aliphatic carbocycles. The lowest BCUT2D eigenvalue weighted by Gasteiger charge is -1.98. The molecule has 0 atom stereocenters. The molecule has 1 aromatic rings. The molecule has 0 N–H and O–H groups in total. The van der Waals surface area contributed by atoms with Gasteiger partial charge in [-0.2, -0.15) is 9.97 Å². The highest BCUT2D eigenvalue weighted by Crippen LogP contribution is 1.98. The molecule has 0 aliphatic rings. The minimum Gasteiger partial charge on any atom is -0.390 e. The van der Waals surface area contributed by atoms with Crippen LogP contribution in [0.3, 0.4) is 0 Å². The maximum Gasteiger partial charge on any atom is 0.327 e. The van der Waals surface area contributed by atoms with Gasteiger partial charge in [0.2, 0.25) is 0 Å². The van der Waals surface area contributed by atoms with Crippen molar-refractivity contribution in [3.8, 4) is 6.01 Å². The highest BCUT2D eigenvalue weighted by Gasteiger charge is 2.08. The summed E-state index contributed by atoms with van der Waals surface area (Å²) in [5.41, 5.74) is 0. The van der Waals surface area contributed by atoms with Gasteiger partial charge in [-0.25, -0.2) is 4.98 Å². The van der Waals surface area contributed by atoms with Crippen LogP contribution in [0, 0.1) is 0 Å². The van der Waals surface area contributed by atoms with Crippen molar-refractivity contribution in [1.29, 1.82) is 0 Å². The summed E-state index contributed by atoms with van der Waals surface area (Å²) in [5, 5.41) is 0. The Morgan fingerprint density at radius 1 is 1.38 bits per heavy atom. The average Bonchev–Trinajstić information content (AvgIpc) is 2.04. The van der Waals surface area contributed by atoms with Gasteiger partial charge >= 0.3 is 12.0 Å². The predicted octanol–water partition coefficient (Wildman–Crippen LogP) is -0.244. The number of ether oxygens (including phenoxy) is 1. The summed E-state index contributed by atoms with van der Waals surface area (Å²) < 4.78 is 4.60. The molecule has 1 rings (SSSR count). The van der Waals surface area contributed by atoms with Gasteiger partial charge in [-0.05, 0) is 6.92 Å². The van der Waals surface area contributed by atoms with E-state index in [-0.39, 0.29) is 18.2 Å². The lowest BCUT2D eigenvalue weighted by atomic mass is 10.3. The van der Waals surface area contributed by atoms with Crippen LogP contribution >= 0.6 is 0 Å². The zero-order chi connectivity index (χ0) is 9.68. The first kappa shape index (κ1) is 9.24. The van der Waals surface area contributed by atoms with E-state index in [0.29, 0.717) is 0 Å². The number of ketones is 1. The van der Waals surface area contributed by atoms with Gasteiger partial charge in [-0.1, -0.05) is 0 Å². The Morgan fingerprint density at radius 3 is 2.54 bits per heavy atom. The summed E-state index contributed by atoms with van der Waals surface area (Å²) >= 11 is 0. The van der Waals surface area contributed by atoms with Gasteiger partial charge in [0.05, 0.1) is 0 Å². The molecule has 0 aliphatic heterocycles. The molecule has 6 heteroatoms. The van der Waals surface area contributed by atoms with Gasteiger partial charge in [0, 0.05) is 0 Å². The Balaban J connectivity index is 2.50. The summed E-state index contributed by atoms with van der Waals surface area (Å²) in [7, 11) is 0. The lowest BCUT2D eigenvalue weighted by Crippen LogP contribution is -2.13. The molecule has 0 saturated carbocycles. The topological polar surface area (TPSA) is 82.0 Å². The predicted molar refractivity (Wildman–Crippen MR) is 40.8 cm³/mol. The van der Waals surface area contributed by atoms with Crippen LogP contribution in [0.2, 0.25) is 0 Å². The van der Waals surface area contributed by atoms with Crippen molar-refractivity contribution in [3.05, 3.63) is 12.7 Å². The van der Waals surface area contributed by atoms with Crippen LogP contribution in [-0.2, 0) is 9.59 Å². The lowest BCUT2D eigenvalue weighted by molar-refractivity contribution is -0.137. The number of aromatic nitrogens is 3. The van der Waals surface area contributed by atoms with Crippen molar-refractivity contribution < 1.29 is 14.3 Å². The van der Waals surface area contributed by atoms with Crippen molar-refractivity contribution in [2.24, 2.45) is 0 Å². The minimum absolute atomic E-state index is 0.0961. The van der Waals surface area contributed by atoms with Crippen LogP contribution in [-0.4, -0.2) is 26.7 Å². The fraction of sp³-hybridized carbons (Fsp3) is 0.286. The Labute approximate surface area is 74.0 Å². The highest BCUT2D eigenvalue weighted by atomic mass is 16.5. The molecule has 0 spiro atoms. The van der Waals surface area contributed by atoms with E-state index in [1.165, 1.54) is 19.6 Å². The van der Waals surface area contributed by atoms with Gasteiger partial charge in [0.1, 0.15) is 24.9 Å². The number of nitrogens with zero attached hydrogens (tertiary/aromatic N) is 3. The summed E-state index contributed by atoms with van der Waals surface area (Å²) in [6.45, 7) is 1.30. The summed E-state index contributed by atoms with van der Waals surface area (Å²) in [6, 6.07) is -0.0961. The van der Waals surface area contributed by atoms with Crippen LogP contribution in [0.25, 0.3) is 0 Å². The Kier molecular flexibility index (Phi) is 3.02. The first-order valence-corrected chi connectivity index (χ1v) is 3.50. The first-order valence-electron chi connectivity index (χ1n) is 3.50. The second-order valence-electron chi connectivity index (χ2n) is 2.27. The fourth-order valence-electron chi connectivity index (χ4n) is 0.622. The van der Waals surface area contributed by atoms with Crippen molar-refractivity contribution in [1.82, 2.24) is 15.0 Å². The molecule has 6 nitrogen and oxygen atoms in total. The van der Waals surface area contributed by atoms with Crippen molar-refractivity contribution in [3.63, 3.8) is 0 Å². The van der Waals surface area contributed by atoms with Gasteiger partial charge in [-0.15, -0.1) is 0 Å². The zero-order valence-corrected chi connectivity index (χ0v) is 6.93. The smallest absolute Gasteiger partial charge is 0.327 e. The number of Topliss-reactive ketones (excluding diaryl/α,β-unsaturated/α-hetero) is 1. The maximum atomic E-state index is 10.9. The molecule has 1 aromatic heterocycles. The van der Waals surface area contributed by atoms with Crippen molar-refractivity contribution in [2.75, 3.05) is 0 Å². The summed E-state index contributed by atoms with van der Waals surface area (Å²) in [6.07, 6.45) is 2.12. The van der Waals surface area contributed by atoms with Gasteiger partial charge in [-0.3, -0.25) is 9.59 Å². The molecule has 0 fully saturated rings. The van der Waals surface area contributed by atoms with Gasteiger partial charge in [0.25, 0.3) is 0 Å². The molecular formula is C7H7N3O3. The van der Waals surface area contributed by atoms with Crippen molar-refractivity contribution in [2.45, 2.75) is 13.3 Å². The van der Waals surface area contributed by atoms with Crippen LogP contribution in [0.1, 0.15) is 13.3 Å². The molecule has 68 valence electrons. The van der Waals surface area contributed by atoms with E-state index in [2.05, 4.69) is 19.7 Å². The summed E-state index contributed by atoms with van der Waals surface area (Å²) in [4.78, 5) is 32.0. The molecular weight excluding hydrogens is 174 g/mol. The Hall–Kier alpha value is -1.85. The van der Waals surface area contributed by atoms with E-state index >= 15 is 0 Å². The third-order valence-electron chi connectivity index (χ3n) is 1.07. The van der Waals surface area contributed by atoms with E-state index < -0.39 is 5.97 Å². The van der Waals surface area contributed by atoms with Crippen LogP contribution < -0.4 is 4.74 Å². The van der Waals surface area contributed by atoms with E-state index in [1.807, 2.05) is 0 Å². The molecule has 0 bridgehead atoms. The molecule has 0 amide bonds. The number of hydrogen-bond donors (Lipinski definition) is 0. The zero-order valence-electron chi connectivity index (χ0n) is 6.93. The minimum atomic E-state index is -0.668. The molecule has 0 radical (unpaired) electrons. The SMILES string of the molecule is CC(=O)CC(=O)Oc1ncncn1. The van der Waals surface area contributed by atoms with E-state index in [1.54, 1.807) is 0 Å². The molecule has 0 saturated heterocycles. The Morgan fingerprint density at radius 2 is 2.00 bits per heavy atom. The molecule has 0 unspecified atom stereocenters. The Bertz CT molecular complexity index is 312. The van der Waals surface area contributed by atoms with Crippen LogP contribution in [0.5, 0.6) is 6.01 Å². The third-order valence-corrected chi connectivity index (χ3v) is 1.07. The number of esters is 1. The second-order valence-corrected chi connectivity index (χ2v) is 2.27. The number of rotatable bonds is 3. The normalized spacial score (nSPS) is 9.31. The van der Waals surface area contributed by atoms with Gasteiger partial charge in [0.15, 0.2) is 0 Å². The number of carbonyl (C=O) groups is 2. The first-order chi connectivity index (χ1) is 6.18. The van der Waals surface area contributed by atoms with E-state index in [4.69, 9.17) is 0 Å². The second kappa shape index (κ2) is 4.24.